The van der Waals surface area contributed by atoms with Crippen LogP contribution in [0.1, 0.15) is 13.3 Å². The summed E-state index contributed by atoms with van der Waals surface area (Å²) in [5.41, 5.74) is -1.35. The predicted molar refractivity (Wildman–Crippen MR) is 59.2 cm³/mol. The van der Waals surface area contributed by atoms with Crippen LogP contribution in [-0.2, 0) is 23.9 Å². The van der Waals surface area contributed by atoms with E-state index in [-0.39, 0.29) is 19.6 Å². The van der Waals surface area contributed by atoms with Gasteiger partial charge < -0.3 is 9.47 Å². The summed E-state index contributed by atoms with van der Waals surface area (Å²) in [4.78, 5) is 33.6. The second-order valence-corrected chi connectivity index (χ2v) is 4.18. The van der Waals surface area contributed by atoms with Crippen LogP contribution in [0, 0.1) is 11.3 Å². The number of ether oxygens (including phenoxy) is 2. The molecule has 1 saturated carbocycles. The minimum Gasteiger partial charge on any atom is -0.466 e. The number of carbonyl (C=O) groups is 3. The third kappa shape index (κ3) is 2.85. The molecule has 0 bridgehead atoms. The van der Waals surface area contributed by atoms with E-state index in [1.54, 1.807) is 0 Å². The summed E-state index contributed by atoms with van der Waals surface area (Å²) in [6.07, 6.45) is 1.65. The fourth-order valence-corrected chi connectivity index (χ4v) is 1.89. The van der Waals surface area contributed by atoms with Crippen molar-refractivity contribution in [2.45, 2.75) is 13.3 Å². The lowest BCUT2D eigenvalue weighted by Crippen LogP contribution is -2.28. The summed E-state index contributed by atoms with van der Waals surface area (Å²) >= 11 is 5.41. The quantitative estimate of drug-likeness (QED) is 0.309. The summed E-state index contributed by atoms with van der Waals surface area (Å²) in [7, 11) is 0. The second-order valence-electron chi connectivity index (χ2n) is 3.84. The number of esters is 2. The molecular weight excluding hydrogens is 248 g/mol. The normalized spacial score (nSPS) is 25.9. The molecule has 1 aliphatic carbocycles. The van der Waals surface area contributed by atoms with Crippen LogP contribution < -0.4 is 0 Å². The monoisotopic (exact) mass is 260 g/mol. The van der Waals surface area contributed by atoms with Crippen molar-refractivity contribution in [2.24, 2.45) is 11.3 Å². The van der Waals surface area contributed by atoms with Crippen LogP contribution in [0.5, 0.6) is 0 Å². The lowest BCUT2D eigenvalue weighted by Gasteiger charge is -2.11. The molecule has 0 amide bonds. The maximum Gasteiger partial charge on any atom is 0.321 e. The van der Waals surface area contributed by atoms with E-state index in [2.05, 4.69) is 6.58 Å². The number of hydrogen-bond acceptors (Lipinski definition) is 5. The number of halogens is 1. The fraction of sp³-hybridized carbons (Fsp3) is 0.545. The van der Waals surface area contributed by atoms with Gasteiger partial charge in [-0.2, -0.15) is 0 Å². The van der Waals surface area contributed by atoms with Crippen molar-refractivity contribution >= 4 is 28.8 Å². The maximum atomic E-state index is 11.7. The topological polar surface area (TPSA) is 69.7 Å². The Morgan fingerprint density at radius 3 is 2.59 bits per heavy atom. The molecule has 94 valence electrons. The van der Waals surface area contributed by atoms with Crippen molar-refractivity contribution in [3.63, 3.8) is 0 Å². The van der Waals surface area contributed by atoms with Crippen molar-refractivity contribution in [2.75, 3.05) is 13.2 Å². The first-order chi connectivity index (χ1) is 7.95. The molecule has 0 aromatic heterocycles. The average Bonchev–Trinajstić information content (AvgIpc) is 2.98. The van der Waals surface area contributed by atoms with Crippen molar-refractivity contribution in [1.82, 2.24) is 0 Å². The molecule has 6 heteroatoms. The molecule has 0 N–H and O–H groups in total. The van der Waals surface area contributed by atoms with E-state index in [0.717, 1.165) is 0 Å². The lowest BCUT2D eigenvalue weighted by molar-refractivity contribution is -0.153. The van der Waals surface area contributed by atoms with Gasteiger partial charge in [-0.3, -0.25) is 14.4 Å². The molecule has 0 aromatic carbocycles. The van der Waals surface area contributed by atoms with Gasteiger partial charge in [-0.1, -0.05) is 12.7 Å². The molecule has 0 aromatic rings. The maximum absolute atomic E-state index is 11.7. The number of rotatable bonds is 6. The molecule has 17 heavy (non-hydrogen) atoms. The zero-order valence-electron chi connectivity index (χ0n) is 9.40. The van der Waals surface area contributed by atoms with Gasteiger partial charge in [0.25, 0.3) is 0 Å². The summed E-state index contributed by atoms with van der Waals surface area (Å²) in [5, 5.41) is -0.774. The van der Waals surface area contributed by atoms with Gasteiger partial charge >= 0.3 is 11.9 Å². The van der Waals surface area contributed by atoms with E-state index in [1.807, 2.05) is 0 Å². The summed E-state index contributed by atoms with van der Waals surface area (Å²) in [6.45, 7) is 4.66. The largest absolute Gasteiger partial charge is 0.466 e. The van der Waals surface area contributed by atoms with E-state index in [9.17, 15) is 14.4 Å². The summed E-state index contributed by atoms with van der Waals surface area (Å²) in [6, 6.07) is 0. The highest BCUT2D eigenvalue weighted by Crippen LogP contribution is 2.55. The van der Waals surface area contributed by atoms with E-state index in [1.165, 1.54) is 13.0 Å². The Morgan fingerprint density at radius 1 is 1.47 bits per heavy atom. The van der Waals surface area contributed by atoms with Crippen LogP contribution in [0.4, 0.5) is 0 Å². The van der Waals surface area contributed by atoms with Crippen LogP contribution in [0.2, 0.25) is 0 Å². The summed E-state index contributed by atoms with van der Waals surface area (Å²) in [5.74, 6) is -1.55. The first-order valence-corrected chi connectivity index (χ1v) is 5.44. The number of hydrogen-bond donors (Lipinski definition) is 0. The minimum absolute atomic E-state index is 0.00299. The standard InChI is InChI=1S/C11H13ClO5/c1-3-4-16-10(15)11(9(12)14)5-8(11)6-17-7(2)13/h3,8H,1,4-6H2,2H3/t8-,11+/m1/s1. The second kappa shape index (κ2) is 5.31. The highest BCUT2D eigenvalue weighted by molar-refractivity contribution is 6.67. The highest BCUT2D eigenvalue weighted by atomic mass is 35.5. The van der Waals surface area contributed by atoms with Crippen molar-refractivity contribution in [3.05, 3.63) is 12.7 Å². The van der Waals surface area contributed by atoms with Crippen LogP contribution in [0.25, 0.3) is 0 Å². The Balaban J connectivity index is 2.62. The van der Waals surface area contributed by atoms with Gasteiger partial charge in [-0.05, 0) is 18.0 Å². The Morgan fingerprint density at radius 2 is 2.12 bits per heavy atom. The molecule has 0 saturated heterocycles. The van der Waals surface area contributed by atoms with Gasteiger partial charge in [0.1, 0.15) is 12.0 Å². The Hall–Kier alpha value is -1.36. The van der Waals surface area contributed by atoms with Crippen molar-refractivity contribution in [1.29, 1.82) is 0 Å². The molecule has 1 aliphatic rings. The van der Waals surface area contributed by atoms with Gasteiger partial charge in [-0.25, -0.2) is 0 Å². The SMILES string of the molecule is C=CCOC(=O)[C@@]1(C(=O)Cl)C[C@@H]1COC(C)=O. The summed E-state index contributed by atoms with van der Waals surface area (Å²) < 4.78 is 9.56. The molecule has 5 nitrogen and oxygen atoms in total. The predicted octanol–water partition coefficient (Wildman–Crippen LogP) is 1.05. The molecular formula is C11H13ClO5. The minimum atomic E-state index is -1.35. The zero-order valence-corrected chi connectivity index (χ0v) is 10.2. The van der Waals surface area contributed by atoms with Crippen LogP contribution >= 0.6 is 11.6 Å². The molecule has 1 fully saturated rings. The first kappa shape index (κ1) is 13.7. The fourth-order valence-electron chi connectivity index (χ4n) is 1.58. The average molecular weight is 261 g/mol. The van der Waals surface area contributed by atoms with E-state index >= 15 is 0 Å². The van der Waals surface area contributed by atoms with Gasteiger partial charge in [0.05, 0.1) is 6.61 Å². The van der Waals surface area contributed by atoms with Crippen LogP contribution in [-0.4, -0.2) is 30.4 Å². The molecule has 0 radical (unpaired) electrons. The van der Waals surface area contributed by atoms with E-state index < -0.39 is 28.5 Å². The first-order valence-electron chi connectivity index (χ1n) is 5.06. The molecule has 2 atom stereocenters. The van der Waals surface area contributed by atoms with Crippen LogP contribution in [0.3, 0.4) is 0 Å². The lowest BCUT2D eigenvalue weighted by atomic mass is 10.1. The smallest absolute Gasteiger partial charge is 0.321 e. The van der Waals surface area contributed by atoms with Crippen molar-refractivity contribution < 1.29 is 23.9 Å². The molecule has 1 rings (SSSR count). The van der Waals surface area contributed by atoms with Gasteiger partial charge in [-0.15, -0.1) is 0 Å². The van der Waals surface area contributed by atoms with Gasteiger partial charge in [0.15, 0.2) is 0 Å². The van der Waals surface area contributed by atoms with E-state index in [0.29, 0.717) is 0 Å². The molecule has 0 heterocycles. The van der Waals surface area contributed by atoms with Gasteiger partial charge in [0.2, 0.25) is 5.24 Å². The molecule has 0 spiro atoms. The molecule has 0 unspecified atom stereocenters. The Labute approximate surface area is 104 Å². The highest BCUT2D eigenvalue weighted by Gasteiger charge is 2.66. The number of carbonyl (C=O) groups excluding carboxylic acids is 3. The Bertz CT molecular complexity index is 365. The zero-order chi connectivity index (χ0) is 13.1. The van der Waals surface area contributed by atoms with Crippen LogP contribution in [0.15, 0.2) is 12.7 Å². The van der Waals surface area contributed by atoms with Crippen molar-refractivity contribution in [3.8, 4) is 0 Å². The third-order valence-corrected chi connectivity index (χ3v) is 2.98. The Kier molecular flexibility index (Phi) is 4.28. The third-order valence-electron chi connectivity index (χ3n) is 2.64. The van der Waals surface area contributed by atoms with E-state index in [4.69, 9.17) is 21.1 Å². The molecule has 0 aliphatic heterocycles. The van der Waals surface area contributed by atoms with Gasteiger partial charge in [0, 0.05) is 12.8 Å².